The zero-order chi connectivity index (χ0) is 33.4. The number of halogens is 1. The minimum Gasteiger partial charge on any atom is -0.495 e. The lowest BCUT2D eigenvalue weighted by Crippen LogP contribution is -2.54. The molecule has 4 aromatic carbocycles. The molecule has 0 aromatic heterocycles. The Morgan fingerprint density at radius 3 is 2.19 bits per heavy atom. The highest BCUT2D eigenvalue weighted by atomic mass is 35.5. The van der Waals surface area contributed by atoms with Crippen molar-refractivity contribution in [2.45, 2.75) is 62.6 Å². The van der Waals surface area contributed by atoms with E-state index in [9.17, 15) is 18.0 Å². The number of carbonyl (C=O) groups excluding carboxylic acids is 2. The Hall–Kier alpha value is -4.34. The van der Waals surface area contributed by atoms with Crippen molar-refractivity contribution in [3.8, 4) is 5.75 Å². The van der Waals surface area contributed by atoms with Gasteiger partial charge in [-0.25, -0.2) is 8.42 Å². The molecule has 1 aliphatic rings. The molecule has 1 fully saturated rings. The Balaban J connectivity index is 1.58. The van der Waals surface area contributed by atoms with Gasteiger partial charge >= 0.3 is 0 Å². The highest BCUT2D eigenvalue weighted by Crippen LogP contribution is 2.32. The number of sulfonamides is 1. The van der Waals surface area contributed by atoms with Crippen LogP contribution in [0.1, 0.15) is 42.4 Å². The smallest absolute Gasteiger partial charge is 0.264 e. The first kappa shape index (κ1) is 34.0. The summed E-state index contributed by atoms with van der Waals surface area (Å²) in [6.07, 6.45) is 4.11. The summed E-state index contributed by atoms with van der Waals surface area (Å²) in [4.78, 5) is 30.4. The van der Waals surface area contributed by atoms with Gasteiger partial charge in [0.1, 0.15) is 18.3 Å². The number of methoxy groups -OCH3 is 1. The molecular formula is C37H40ClN3O5S. The topological polar surface area (TPSA) is 96.0 Å². The molecule has 0 saturated heterocycles. The van der Waals surface area contributed by atoms with Gasteiger partial charge in [0.2, 0.25) is 11.8 Å². The molecule has 0 unspecified atom stereocenters. The minimum atomic E-state index is -4.24. The zero-order valence-electron chi connectivity index (χ0n) is 26.6. The van der Waals surface area contributed by atoms with Crippen LogP contribution in [-0.4, -0.2) is 50.9 Å². The first-order chi connectivity index (χ1) is 22.7. The Labute approximate surface area is 282 Å². The summed E-state index contributed by atoms with van der Waals surface area (Å²) in [5.74, 6) is -0.415. The van der Waals surface area contributed by atoms with Crippen molar-refractivity contribution in [1.29, 1.82) is 0 Å². The van der Waals surface area contributed by atoms with E-state index in [0.29, 0.717) is 5.75 Å². The van der Waals surface area contributed by atoms with Gasteiger partial charge in [0, 0.05) is 19.0 Å². The SMILES string of the molecule is COc1ccc(N(CC(=O)N(Cc2ccccc2C)[C@H](Cc2ccccc2)C(=O)NC2CCCC2)S(=O)(=O)c2ccccc2)cc1Cl. The number of aryl methyl sites for hydroxylation is 1. The average molecular weight is 674 g/mol. The standard InChI is InChI=1S/C37H40ClN3O5S/c1-27-13-9-10-16-29(27)25-40(34(23-28-14-5-3-6-15-28)37(43)39-30-17-11-12-18-30)36(42)26-41(31-21-22-35(46-2)33(38)24-31)47(44,45)32-19-7-4-8-20-32/h3-10,13-16,19-22,24,30,34H,11-12,17-18,23,25-26H2,1-2H3,(H,39,43)/t34-/m1/s1. The van der Waals surface area contributed by atoms with Gasteiger partial charge in [-0.2, -0.15) is 0 Å². The van der Waals surface area contributed by atoms with Gasteiger partial charge in [0.25, 0.3) is 10.0 Å². The number of nitrogens with one attached hydrogen (secondary N) is 1. The lowest BCUT2D eigenvalue weighted by molar-refractivity contribution is -0.140. The van der Waals surface area contributed by atoms with E-state index in [2.05, 4.69) is 5.32 Å². The van der Waals surface area contributed by atoms with Crippen molar-refractivity contribution in [3.05, 3.63) is 125 Å². The molecule has 10 heteroatoms. The van der Waals surface area contributed by atoms with Gasteiger partial charge in [0.15, 0.2) is 0 Å². The van der Waals surface area contributed by atoms with Gasteiger partial charge < -0.3 is 15.0 Å². The summed E-state index contributed by atoms with van der Waals surface area (Å²) in [6.45, 7) is 1.51. The number of amides is 2. The second-order valence-electron chi connectivity index (χ2n) is 11.8. The fraction of sp³-hybridized carbons (Fsp3) is 0.297. The van der Waals surface area contributed by atoms with Gasteiger partial charge in [-0.1, -0.05) is 97.2 Å². The zero-order valence-corrected chi connectivity index (χ0v) is 28.2. The summed E-state index contributed by atoms with van der Waals surface area (Å²) in [7, 11) is -2.77. The Kier molecular flexibility index (Phi) is 11.2. The molecular weight excluding hydrogens is 634 g/mol. The molecule has 8 nitrogen and oxygen atoms in total. The van der Waals surface area contributed by atoms with E-state index in [1.807, 2.05) is 61.5 Å². The third kappa shape index (κ3) is 8.34. The van der Waals surface area contributed by atoms with Crippen LogP contribution < -0.4 is 14.4 Å². The van der Waals surface area contributed by atoms with Crippen molar-refractivity contribution < 1.29 is 22.7 Å². The third-order valence-corrected chi connectivity index (χ3v) is 10.7. The largest absolute Gasteiger partial charge is 0.495 e. The van der Waals surface area contributed by atoms with Gasteiger partial charge in [0.05, 0.1) is 22.7 Å². The van der Waals surface area contributed by atoms with Crippen LogP contribution in [0.3, 0.4) is 0 Å². The van der Waals surface area contributed by atoms with Crippen LogP contribution in [0.2, 0.25) is 5.02 Å². The quantitative estimate of drug-likeness (QED) is 0.174. The molecule has 47 heavy (non-hydrogen) atoms. The number of hydrogen-bond donors (Lipinski definition) is 1. The van der Waals surface area contributed by atoms with Crippen molar-refractivity contribution in [2.24, 2.45) is 0 Å². The summed E-state index contributed by atoms with van der Waals surface area (Å²) in [6, 6.07) is 28.9. The average Bonchev–Trinajstić information content (AvgIpc) is 3.59. The summed E-state index contributed by atoms with van der Waals surface area (Å²) in [5.41, 5.74) is 2.89. The van der Waals surface area contributed by atoms with Crippen LogP contribution in [0, 0.1) is 6.92 Å². The van der Waals surface area contributed by atoms with Crippen LogP contribution in [0.4, 0.5) is 5.69 Å². The third-order valence-electron chi connectivity index (χ3n) is 8.61. The van der Waals surface area contributed by atoms with E-state index in [0.717, 1.165) is 46.7 Å². The van der Waals surface area contributed by atoms with Crippen LogP contribution in [0.15, 0.2) is 108 Å². The fourth-order valence-electron chi connectivity index (χ4n) is 5.95. The molecule has 5 rings (SSSR count). The van der Waals surface area contributed by atoms with Crippen molar-refractivity contribution in [2.75, 3.05) is 18.0 Å². The molecule has 1 N–H and O–H groups in total. The van der Waals surface area contributed by atoms with E-state index in [1.54, 1.807) is 30.3 Å². The number of rotatable bonds is 13. The second-order valence-corrected chi connectivity index (χ2v) is 14.1. The number of nitrogens with zero attached hydrogens (tertiary/aromatic N) is 2. The van der Waals surface area contributed by atoms with Crippen molar-refractivity contribution >= 4 is 39.1 Å². The highest BCUT2D eigenvalue weighted by Gasteiger charge is 2.36. The van der Waals surface area contributed by atoms with Gasteiger partial charge in [-0.05, 0) is 66.8 Å². The van der Waals surface area contributed by atoms with E-state index >= 15 is 0 Å². The van der Waals surface area contributed by atoms with Crippen LogP contribution in [-0.2, 0) is 32.6 Å². The summed E-state index contributed by atoms with van der Waals surface area (Å²) < 4.78 is 34.7. The normalized spacial score (nSPS) is 13.9. The summed E-state index contributed by atoms with van der Waals surface area (Å²) >= 11 is 6.46. The summed E-state index contributed by atoms with van der Waals surface area (Å²) in [5, 5.41) is 3.39. The van der Waals surface area contributed by atoms with Crippen LogP contribution in [0.25, 0.3) is 0 Å². The molecule has 1 saturated carbocycles. The molecule has 0 heterocycles. The van der Waals surface area contributed by atoms with Crippen LogP contribution >= 0.6 is 11.6 Å². The highest BCUT2D eigenvalue weighted by molar-refractivity contribution is 7.92. The Morgan fingerprint density at radius 1 is 0.915 bits per heavy atom. The number of carbonyl (C=O) groups is 2. The lowest BCUT2D eigenvalue weighted by Gasteiger charge is -2.34. The molecule has 4 aromatic rings. The van der Waals surface area contributed by atoms with E-state index in [1.165, 1.54) is 30.2 Å². The maximum atomic E-state index is 14.7. The molecule has 0 aliphatic heterocycles. The fourth-order valence-corrected chi connectivity index (χ4v) is 7.63. The predicted octanol–water partition coefficient (Wildman–Crippen LogP) is 6.55. The lowest BCUT2D eigenvalue weighted by atomic mass is 10.0. The Morgan fingerprint density at radius 2 is 1.55 bits per heavy atom. The van der Waals surface area contributed by atoms with Crippen molar-refractivity contribution in [1.82, 2.24) is 10.2 Å². The monoisotopic (exact) mass is 673 g/mol. The maximum Gasteiger partial charge on any atom is 0.264 e. The van der Waals surface area contributed by atoms with Crippen molar-refractivity contribution in [3.63, 3.8) is 0 Å². The molecule has 2 amide bonds. The first-order valence-electron chi connectivity index (χ1n) is 15.8. The van der Waals surface area contributed by atoms with Gasteiger partial charge in [-0.3, -0.25) is 13.9 Å². The first-order valence-corrected chi connectivity index (χ1v) is 17.6. The minimum absolute atomic E-state index is 0.0185. The molecule has 1 aliphatic carbocycles. The van der Waals surface area contributed by atoms with E-state index in [4.69, 9.17) is 16.3 Å². The molecule has 0 radical (unpaired) electrons. The molecule has 1 atom stereocenters. The number of anilines is 1. The Bertz CT molecular complexity index is 1780. The molecule has 0 bridgehead atoms. The molecule has 246 valence electrons. The number of ether oxygens (including phenoxy) is 1. The van der Waals surface area contributed by atoms with Gasteiger partial charge in [-0.15, -0.1) is 0 Å². The predicted molar refractivity (Wildman–Crippen MR) is 185 cm³/mol. The number of benzene rings is 4. The van der Waals surface area contributed by atoms with E-state index < -0.39 is 28.5 Å². The van der Waals surface area contributed by atoms with Crippen LogP contribution in [0.5, 0.6) is 5.75 Å². The molecule has 0 spiro atoms. The van der Waals surface area contributed by atoms with E-state index in [-0.39, 0.29) is 40.5 Å². The maximum absolute atomic E-state index is 14.7. The second kappa shape index (κ2) is 15.5. The number of hydrogen-bond acceptors (Lipinski definition) is 5.